The number of thiocarbonyl (C=S) groups is 1. The third kappa shape index (κ3) is 4.59. The quantitative estimate of drug-likeness (QED) is 0.360. The number of rotatable bonds is 4. The first-order chi connectivity index (χ1) is 10.7. The van der Waals surface area contributed by atoms with E-state index in [0.717, 1.165) is 23.9 Å². The van der Waals surface area contributed by atoms with Crippen LogP contribution in [0.5, 0.6) is 0 Å². The van der Waals surface area contributed by atoms with Gasteiger partial charge >= 0.3 is 0 Å². The highest BCUT2D eigenvalue weighted by molar-refractivity contribution is 8.23. The largest absolute Gasteiger partial charge is 0.367 e. The van der Waals surface area contributed by atoms with Crippen LogP contribution < -0.4 is 5.32 Å². The maximum absolute atomic E-state index is 11.4. The zero-order valence-corrected chi connectivity index (χ0v) is 13.9. The first-order valence-electron chi connectivity index (χ1n) is 6.29. The lowest BCUT2D eigenvalue weighted by molar-refractivity contribution is -0.396. The Bertz CT molecular complexity index is 779. The Morgan fingerprint density at radius 1 is 1.30 bits per heavy atom. The Labute approximate surface area is 140 Å². The molecule has 0 aromatic heterocycles. The standard InChI is InChI=1S/C11H11N3O6S3/c15-13(16)8-1-2-10(9(5-8)14(17)18)22-11(21)12-7-3-4-23(19,20)6-7/h1-2,5,7H,3-4,6H2,(H,12,21). The highest BCUT2D eigenvalue weighted by Crippen LogP contribution is 2.33. The maximum Gasteiger partial charge on any atom is 0.290 e. The summed E-state index contributed by atoms with van der Waals surface area (Å²) in [6.45, 7) is 0. The van der Waals surface area contributed by atoms with Crippen LogP contribution in [0.4, 0.5) is 11.4 Å². The normalized spacial score (nSPS) is 19.2. The molecule has 1 N–H and O–H groups in total. The van der Waals surface area contributed by atoms with Crippen molar-refractivity contribution in [2.45, 2.75) is 17.4 Å². The number of nitro benzene ring substituents is 2. The lowest BCUT2D eigenvalue weighted by atomic mass is 10.3. The van der Waals surface area contributed by atoms with E-state index in [1.54, 1.807) is 0 Å². The van der Waals surface area contributed by atoms with Crippen molar-refractivity contribution in [1.29, 1.82) is 0 Å². The lowest BCUT2D eigenvalue weighted by Crippen LogP contribution is -2.32. The van der Waals surface area contributed by atoms with Gasteiger partial charge in [-0.1, -0.05) is 24.0 Å². The van der Waals surface area contributed by atoms with Gasteiger partial charge in [0.1, 0.15) is 4.32 Å². The molecule has 9 nitrogen and oxygen atoms in total. The van der Waals surface area contributed by atoms with Crippen LogP contribution in [0, 0.1) is 20.2 Å². The molecule has 124 valence electrons. The zero-order valence-electron chi connectivity index (χ0n) is 11.5. The summed E-state index contributed by atoms with van der Waals surface area (Å²) in [5, 5.41) is 24.6. The fraction of sp³-hybridized carbons (Fsp3) is 0.364. The van der Waals surface area contributed by atoms with E-state index in [1.807, 2.05) is 0 Å². The van der Waals surface area contributed by atoms with Gasteiger partial charge in [0.25, 0.3) is 11.4 Å². The summed E-state index contributed by atoms with van der Waals surface area (Å²) in [5.41, 5.74) is -0.811. The smallest absolute Gasteiger partial charge is 0.290 e. The fourth-order valence-corrected chi connectivity index (χ4v) is 4.96. The minimum absolute atomic E-state index is 0.0317. The molecule has 1 aliphatic heterocycles. The molecule has 0 saturated carbocycles. The number of benzene rings is 1. The van der Waals surface area contributed by atoms with Gasteiger partial charge < -0.3 is 5.32 Å². The molecule has 1 aliphatic rings. The van der Waals surface area contributed by atoms with Crippen LogP contribution in [0.1, 0.15) is 6.42 Å². The van der Waals surface area contributed by atoms with Crippen LogP contribution >= 0.6 is 24.0 Å². The van der Waals surface area contributed by atoms with E-state index in [4.69, 9.17) is 12.2 Å². The van der Waals surface area contributed by atoms with E-state index >= 15 is 0 Å². The molecule has 1 fully saturated rings. The van der Waals surface area contributed by atoms with Gasteiger partial charge in [0.15, 0.2) is 9.84 Å². The third-order valence-corrected chi connectivity index (χ3v) is 6.11. The fourth-order valence-electron chi connectivity index (χ4n) is 2.05. The second-order valence-corrected chi connectivity index (χ2v) is 8.75. The average Bonchev–Trinajstić information content (AvgIpc) is 2.77. The number of thioether (sulfide) groups is 1. The number of hydrogen-bond acceptors (Lipinski definition) is 8. The van der Waals surface area contributed by atoms with E-state index in [-0.39, 0.29) is 32.5 Å². The molecule has 0 aliphatic carbocycles. The SMILES string of the molecule is O=[N+]([O-])c1ccc(SC(=S)NC2CCS(=O)(=O)C2)c([N+](=O)[O-])c1. The van der Waals surface area contributed by atoms with Gasteiger partial charge in [-0.05, 0) is 12.5 Å². The summed E-state index contributed by atoms with van der Waals surface area (Å²) in [6, 6.07) is 2.94. The van der Waals surface area contributed by atoms with Crippen molar-refractivity contribution >= 4 is 49.5 Å². The van der Waals surface area contributed by atoms with E-state index in [0.29, 0.717) is 6.42 Å². The highest BCUT2D eigenvalue weighted by Gasteiger charge is 2.29. The van der Waals surface area contributed by atoms with Gasteiger partial charge in [-0.25, -0.2) is 8.42 Å². The molecule has 1 aromatic carbocycles. The molecular formula is C11H11N3O6S3. The molecule has 23 heavy (non-hydrogen) atoms. The van der Waals surface area contributed by atoms with E-state index in [2.05, 4.69) is 5.32 Å². The second kappa shape index (κ2) is 6.76. The summed E-state index contributed by atoms with van der Waals surface area (Å²) in [6.07, 6.45) is 0.422. The molecule has 2 rings (SSSR count). The van der Waals surface area contributed by atoms with Crippen LogP contribution in [0.2, 0.25) is 0 Å². The van der Waals surface area contributed by atoms with Crippen molar-refractivity contribution in [2.24, 2.45) is 0 Å². The minimum atomic E-state index is -3.07. The third-order valence-electron chi connectivity index (χ3n) is 3.11. The molecule has 1 unspecified atom stereocenters. The predicted octanol–water partition coefficient (Wildman–Crippen LogP) is 1.66. The number of hydrogen-bond donors (Lipinski definition) is 1. The second-order valence-electron chi connectivity index (χ2n) is 4.80. The Hall–Kier alpha value is -1.79. The van der Waals surface area contributed by atoms with E-state index in [9.17, 15) is 28.6 Å². The predicted molar refractivity (Wildman–Crippen MR) is 88.4 cm³/mol. The topological polar surface area (TPSA) is 132 Å². The van der Waals surface area contributed by atoms with Gasteiger partial charge in [-0.15, -0.1) is 0 Å². The number of sulfone groups is 1. The maximum atomic E-state index is 11.4. The molecule has 12 heteroatoms. The molecule has 1 aromatic rings. The number of non-ortho nitro benzene ring substituents is 1. The van der Waals surface area contributed by atoms with Crippen LogP contribution in [-0.2, 0) is 9.84 Å². The van der Waals surface area contributed by atoms with Gasteiger partial charge in [-0.2, -0.15) is 0 Å². The molecular weight excluding hydrogens is 366 g/mol. The van der Waals surface area contributed by atoms with Crippen molar-refractivity contribution in [1.82, 2.24) is 5.32 Å². The van der Waals surface area contributed by atoms with Crippen molar-refractivity contribution in [3.05, 3.63) is 38.4 Å². The number of nitrogens with one attached hydrogen (secondary N) is 1. The Kier molecular flexibility index (Phi) is 5.16. The summed E-state index contributed by atoms with van der Waals surface area (Å²) in [7, 11) is -3.07. The van der Waals surface area contributed by atoms with Crippen LogP contribution in [0.25, 0.3) is 0 Å². The van der Waals surface area contributed by atoms with Crippen LogP contribution in [0.3, 0.4) is 0 Å². The monoisotopic (exact) mass is 377 g/mol. The number of nitro groups is 2. The molecule has 1 atom stereocenters. The highest BCUT2D eigenvalue weighted by atomic mass is 32.2. The van der Waals surface area contributed by atoms with Crippen LogP contribution in [-0.4, -0.2) is 40.1 Å². The molecule has 0 radical (unpaired) electrons. The molecule has 1 heterocycles. The molecule has 0 bridgehead atoms. The summed E-state index contributed by atoms with van der Waals surface area (Å²) < 4.78 is 22.9. The van der Waals surface area contributed by atoms with Gasteiger partial charge in [0.05, 0.1) is 32.3 Å². The van der Waals surface area contributed by atoms with Crippen LogP contribution in [0.15, 0.2) is 23.1 Å². The van der Waals surface area contributed by atoms with Gasteiger partial charge in [0, 0.05) is 12.1 Å². The number of nitrogens with zero attached hydrogens (tertiary/aromatic N) is 2. The summed E-state index contributed by atoms with van der Waals surface area (Å²) in [4.78, 5) is 20.4. The van der Waals surface area contributed by atoms with Crippen molar-refractivity contribution in [3.63, 3.8) is 0 Å². The van der Waals surface area contributed by atoms with Crippen molar-refractivity contribution in [2.75, 3.05) is 11.5 Å². The molecule has 1 saturated heterocycles. The first-order valence-corrected chi connectivity index (χ1v) is 9.34. The van der Waals surface area contributed by atoms with Crippen molar-refractivity contribution < 1.29 is 18.3 Å². The summed E-state index contributed by atoms with van der Waals surface area (Å²) >= 11 is 5.95. The van der Waals surface area contributed by atoms with Crippen molar-refractivity contribution in [3.8, 4) is 0 Å². The Morgan fingerprint density at radius 3 is 2.52 bits per heavy atom. The Balaban J connectivity index is 2.11. The van der Waals surface area contributed by atoms with E-state index < -0.39 is 25.4 Å². The van der Waals surface area contributed by atoms with E-state index in [1.165, 1.54) is 6.07 Å². The first kappa shape index (κ1) is 17.6. The Morgan fingerprint density at radius 2 is 2.00 bits per heavy atom. The minimum Gasteiger partial charge on any atom is -0.367 e. The molecule has 0 amide bonds. The summed E-state index contributed by atoms with van der Waals surface area (Å²) in [5.74, 6) is 0.0473. The van der Waals surface area contributed by atoms with Gasteiger partial charge in [0.2, 0.25) is 0 Å². The molecule has 0 spiro atoms. The van der Waals surface area contributed by atoms with Gasteiger partial charge in [-0.3, -0.25) is 20.2 Å². The zero-order chi connectivity index (χ0) is 17.2. The lowest BCUT2D eigenvalue weighted by Gasteiger charge is -2.12. The average molecular weight is 377 g/mol.